The third kappa shape index (κ3) is 2.28. The Kier molecular flexibility index (Phi) is 3.09. The van der Waals surface area contributed by atoms with Crippen LogP contribution in [0.25, 0.3) is 10.9 Å². The molecule has 0 bridgehead atoms. The van der Waals surface area contributed by atoms with Gasteiger partial charge in [0.2, 0.25) is 0 Å². The monoisotopic (exact) mass is 255 g/mol. The molecule has 3 heteroatoms. The number of aromatic nitrogens is 1. The van der Waals surface area contributed by atoms with Crippen LogP contribution in [0.4, 0.5) is 0 Å². The number of H-pyrrole nitrogens is 1. The van der Waals surface area contributed by atoms with E-state index >= 15 is 0 Å². The van der Waals surface area contributed by atoms with Gasteiger partial charge < -0.3 is 10.1 Å². The predicted molar refractivity (Wildman–Crippen MR) is 74.8 cm³/mol. The summed E-state index contributed by atoms with van der Waals surface area (Å²) in [5.41, 5.74) is 2.10. The topological polar surface area (TPSA) is 36.0 Å². The second-order valence-corrected chi connectivity index (χ2v) is 5.24. The van der Waals surface area contributed by atoms with Crippen LogP contribution in [-0.4, -0.2) is 10.1 Å². The van der Waals surface area contributed by atoms with Crippen molar-refractivity contribution < 1.29 is 5.11 Å². The Bertz CT molecular complexity index is 625. The van der Waals surface area contributed by atoms with Crippen LogP contribution in [0.1, 0.15) is 5.56 Å². The first-order valence-electron chi connectivity index (χ1n) is 5.80. The number of hydrogen-bond acceptors (Lipinski definition) is 2. The van der Waals surface area contributed by atoms with Gasteiger partial charge in [0.15, 0.2) is 0 Å². The second-order valence-electron chi connectivity index (χ2n) is 4.12. The van der Waals surface area contributed by atoms with E-state index in [4.69, 9.17) is 5.11 Å². The van der Waals surface area contributed by atoms with E-state index in [1.165, 1.54) is 10.3 Å². The van der Waals surface area contributed by atoms with Crippen LogP contribution in [-0.2, 0) is 6.61 Å². The molecule has 2 nitrogen and oxygen atoms in total. The van der Waals surface area contributed by atoms with Crippen molar-refractivity contribution in [1.29, 1.82) is 0 Å². The minimum atomic E-state index is 0.0946. The number of fused-ring (bicyclic) bond motifs is 1. The van der Waals surface area contributed by atoms with Gasteiger partial charge in [0.1, 0.15) is 0 Å². The molecule has 90 valence electrons. The van der Waals surface area contributed by atoms with Crippen LogP contribution < -0.4 is 0 Å². The zero-order valence-electron chi connectivity index (χ0n) is 9.76. The van der Waals surface area contributed by atoms with Crippen molar-refractivity contribution in [2.45, 2.75) is 16.5 Å². The van der Waals surface area contributed by atoms with E-state index in [1.54, 1.807) is 11.8 Å². The van der Waals surface area contributed by atoms with Crippen LogP contribution >= 0.6 is 11.8 Å². The molecule has 0 saturated heterocycles. The SMILES string of the molecule is OCc1ccc(Sc2cc3ccccc3[nH]2)cc1. The molecule has 2 aromatic carbocycles. The maximum atomic E-state index is 9.00. The maximum absolute atomic E-state index is 9.00. The van der Waals surface area contributed by atoms with Crippen molar-refractivity contribution in [3.63, 3.8) is 0 Å². The summed E-state index contributed by atoms with van der Waals surface area (Å²) in [6, 6.07) is 18.4. The van der Waals surface area contributed by atoms with Crippen molar-refractivity contribution in [3.05, 3.63) is 60.2 Å². The summed E-state index contributed by atoms with van der Waals surface area (Å²) >= 11 is 1.70. The normalized spacial score (nSPS) is 10.9. The fourth-order valence-corrected chi connectivity index (χ4v) is 2.76. The zero-order valence-corrected chi connectivity index (χ0v) is 10.6. The van der Waals surface area contributed by atoms with E-state index in [1.807, 2.05) is 36.4 Å². The number of benzene rings is 2. The van der Waals surface area contributed by atoms with Crippen molar-refractivity contribution in [1.82, 2.24) is 4.98 Å². The first-order valence-corrected chi connectivity index (χ1v) is 6.62. The molecule has 0 unspecified atom stereocenters. The first-order chi connectivity index (χ1) is 8.85. The lowest BCUT2D eigenvalue weighted by molar-refractivity contribution is 0.282. The van der Waals surface area contributed by atoms with E-state index in [-0.39, 0.29) is 6.61 Å². The van der Waals surface area contributed by atoms with E-state index in [0.29, 0.717) is 0 Å². The summed E-state index contributed by atoms with van der Waals surface area (Å²) in [6.07, 6.45) is 0. The van der Waals surface area contributed by atoms with Crippen LogP contribution in [0.15, 0.2) is 64.5 Å². The lowest BCUT2D eigenvalue weighted by atomic mass is 10.2. The van der Waals surface area contributed by atoms with Crippen molar-refractivity contribution >= 4 is 22.7 Å². The van der Waals surface area contributed by atoms with Gasteiger partial charge in [-0.1, -0.05) is 42.1 Å². The molecule has 0 radical (unpaired) electrons. The Balaban J connectivity index is 1.86. The molecule has 0 aliphatic heterocycles. The number of hydrogen-bond donors (Lipinski definition) is 2. The first kappa shape index (κ1) is 11.4. The van der Waals surface area contributed by atoms with Crippen LogP contribution in [0.3, 0.4) is 0 Å². The Morgan fingerprint density at radius 1 is 1.00 bits per heavy atom. The molecule has 0 aliphatic rings. The average Bonchev–Trinajstić information content (AvgIpc) is 2.82. The Morgan fingerprint density at radius 2 is 1.78 bits per heavy atom. The standard InChI is InChI=1S/C15H13NOS/c17-10-11-5-7-13(8-6-11)18-15-9-12-3-1-2-4-14(12)16-15/h1-9,16-17H,10H2. The minimum absolute atomic E-state index is 0.0946. The molecule has 0 atom stereocenters. The maximum Gasteiger partial charge on any atom is 0.0780 e. The van der Waals surface area contributed by atoms with Crippen molar-refractivity contribution in [2.24, 2.45) is 0 Å². The van der Waals surface area contributed by atoms with E-state index in [9.17, 15) is 0 Å². The second kappa shape index (κ2) is 4.88. The van der Waals surface area contributed by atoms with E-state index < -0.39 is 0 Å². The number of rotatable bonds is 3. The summed E-state index contributed by atoms with van der Waals surface area (Å²) in [6.45, 7) is 0.0946. The van der Waals surface area contributed by atoms with Gasteiger partial charge in [0, 0.05) is 15.8 Å². The molecule has 0 amide bonds. The summed E-state index contributed by atoms with van der Waals surface area (Å²) in [5.74, 6) is 0. The van der Waals surface area contributed by atoms with Crippen LogP contribution in [0.2, 0.25) is 0 Å². The van der Waals surface area contributed by atoms with Gasteiger partial charge >= 0.3 is 0 Å². The Hall–Kier alpha value is -1.71. The molecule has 0 fully saturated rings. The van der Waals surface area contributed by atoms with Gasteiger partial charge in [-0.05, 0) is 29.8 Å². The molecule has 0 saturated carbocycles. The molecule has 3 aromatic rings. The molecule has 1 aromatic heterocycles. The lowest BCUT2D eigenvalue weighted by Gasteiger charge is -2.00. The minimum Gasteiger partial charge on any atom is -0.392 e. The highest BCUT2D eigenvalue weighted by Crippen LogP contribution is 2.29. The molecule has 3 rings (SSSR count). The fraction of sp³-hybridized carbons (Fsp3) is 0.0667. The molecule has 18 heavy (non-hydrogen) atoms. The third-order valence-electron chi connectivity index (χ3n) is 2.84. The Morgan fingerprint density at radius 3 is 2.50 bits per heavy atom. The van der Waals surface area contributed by atoms with Crippen LogP contribution in [0.5, 0.6) is 0 Å². The van der Waals surface area contributed by atoms with Gasteiger partial charge in [-0.2, -0.15) is 0 Å². The largest absolute Gasteiger partial charge is 0.392 e. The lowest BCUT2D eigenvalue weighted by Crippen LogP contribution is -1.81. The van der Waals surface area contributed by atoms with E-state index in [2.05, 4.69) is 23.2 Å². The number of aromatic amines is 1. The molecule has 2 N–H and O–H groups in total. The summed E-state index contributed by atoms with van der Waals surface area (Å²) in [5, 5.41) is 11.4. The van der Waals surface area contributed by atoms with Crippen molar-refractivity contribution in [3.8, 4) is 0 Å². The fourth-order valence-electron chi connectivity index (χ4n) is 1.89. The van der Waals surface area contributed by atoms with Gasteiger partial charge in [0.25, 0.3) is 0 Å². The van der Waals surface area contributed by atoms with Gasteiger partial charge in [-0.3, -0.25) is 0 Å². The highest BCUT2D eigenvalue weighted by atomic mass is 32.2. The number of para-hydroxylation sites is 1. The van der Waals surface area contributed by atoms with Gasteiger partial charge in [-0.25, -0.2) is 0 Å². The molecule has 1 heterocycles. The summed E-state index contributed by atoms with van der Waals surface area (Å²) in [7, 11) is 0. The van der Waals surface area contributed by atoms with Gasteiger partial charge in [0.05, 0.1) is 11.6 Å². The number of aliphatic hydroxyl groups excluding tert-OH is 1. The third-order valence-corrected chi connectivity index (χ3v) is 3.79. The number of nitrogens with one attached hydrogen (secondary N) is 1. The quantitative estimate of drug-likeness (QED) is 0.746. The summed E-state index contributed by atoms with van der Waals surface area (Å²) < 4.78 is 0. The van der Waals surface area contributed by atoms with E-state index in [0.717, 1.165) is 16.1 Å². The molecular formula is C15H13NOS. The van der Waals surface area contributed by atoms with Crippen LogP contribution in [0, 0.1) is 0 Å². The molecular weight excluding hydrogens is 242 g/mol. The zero-order chi connectivity index (χ0) is 12.4. The predicted octanol–water partition coefficient (Wildman–Crippen LogP) is 3.81. The van der Waals surface area contributed by atoms with Gasteiger partial charge in [-0.15, -0.1) is 0 Å². The highest BCUT2D eigenvalue weighted by Gasteiger charge is 2.02. The smallest absolute Gasteiger partial charge is 0.0780 e. The average molecular weight is 255 g/mol. The molecule has 0 aliphatic carbocycles. The Labute approximate surface area is 110 Å². The summed E-state index contributed by atoms with van der Waals surface area (Å²) in [4.78, 5) is 4.55. The van der Waals surface area contributed by atoms with Crippen molar-refractivity contribution in [2.75, 3.05) is 0 Å². The highest BCUT2D eigenvalue weighted by molar-refractivity contribution is 7.99. The molecule has 0 spiro atoms. The number of aliphatic hydroxyl groups is 1.